The Morgan fingerprint density at radius 2 is 1.63 bits per heavy atom. The van der Waals surface area contributed by atoms with Crippen molar-refractivity contribution in [1.82, 2.24) is 0 Å². The maximum Gasteiger partial charge on any atom is 0.330 e. The molecule has 0 amide bonds. The van der Waals surface area contributed by atoms with Crippen LogP contribution in [0.5, 0.6) is 17.2 Å². The van der Waals surface area contributed by atoms with Crippen LogP contribution in [0.2, 0.25) is 0 Å². The van der Waals surface area contributed by atoms with E-state index in [4.69, 9.17) is 18.9 Å². The molecule has 5 nitrogen and oxygen atoms in total. The predicted octanol–water partition coefficient (Wildman–Crippen LogP) is 5.10. The molecule has 1 atom stereocenters. The van der Waals surface area contributed by atoms with E-state index in [1.807, 2.05) is 67.6 Å². The molecule has 1 unspecified atom stereocenters. The number of rotatable bonds is 10. The Kier molecular flexibility index (Phi) is 7.33. The fraction of sp³-hybridized carbons (Fsp3) is 0.240. The predicted molar refractivity (Wildman–Crippen MR) is 117 cm³/mol. The van der Waals surface area contributed by atoms with Crippen LogP contribution in [-0.2, 0) is 9.53 Å². The third kappa shape index (κ3) is 5.54. The van der Waals surface area contributed by atoms with Crippen LogP contribution in [0.4, 0.5) is 0 Å². The summed E-state index contributed by atoms with van der Waals surface area (Å²) in [7, 11) is 0. The topological polar surface area (TPSA) is 54.0 Å². The first kappa shape index (κ1) is 21.2. The van der Waals surface area contributed by atoms with Gasteiger partial charge in [0.05, 0.1) is 0 Å². The summed E-state index contributed by atoms with van der Waals surface area (Å²) in [4.78, 5) is 11.4. The molecular weight excluding hydrogens is 380 g/mol. The molecule has 3 aromatic carbocycles. The van der Waals surface area contributed by atoms with Crippen LogP contribution in [0.1, 0.15) is 12.5 Å². The van der Waals surface area contributed by atoms with E-state index in [0.717, 1.165) is 39.7 Å². The number of benzene rings is 3. The zero-order valence-electron chi connectivity index (χ0n) is 17.3. The second kappa shape index (κ2) is 10.3. The Labute approximate surface area is 176 Å². The van der Waals surface area contributed by atoms with Crippen molar-refractivity contribution >= 4 is 16.7 Å². The average molecular weight is 406 g/mol. The summed E-state index contributed by atoms with van der Waals surface area (Å²) in [5.41, 5.74) is 0.940. The van der Waals surface area contributed by atoms with Crippen molar-refractivity contribution in [1.29, 1.82) is 0 Å². The van der Waals surface area contributed by atoms with Crippen molar-refractivity contribution < 1.29 is 23.7 Å². The van der Waals surface area contributed by atoms with Gasteiger partial charge in [-0.1, -0.05) is 49.0 Å². The Morgan fingerprint density at radius 3 is 2.37 bits per heavy atom. The first-order chi connectivity index (χ1) is 14.6. The minimum absolute atomic E-state index is 0.246. The van der Waals surface area contributed by atoms with E-state index in [2.05, 4.69) is 6.58 Å². The quantitative estimate of drug-likeness (QED) is 0.266. The molecule has 156 valence electrons. The number of hydrogen-bond donors (Lipinski definition) is 0. The zero-order valence-corrected chi connectivity index (χ0v) is 17.3. The van der Waals surface area contributed by atoms with Gasteiger partial charge in [-0.3, -0.25) is 0 Å². The third-order valence-corrected chi connectivity index (χ3v) is 4.44. The van der Waals surface area contributed by atoms with Crippen LogP contribution >= 0.6 is 0 Å². The van der Waals surface area contributed by atoms with Crippen molar-refractivity contribution in [2.75, 3.05) is 19.8 Å². The van der Waals surface area contributed by atoms with Gasteiger partial charge in [-0.2, -0.15) is 0 Å². The molecule has 3 rings (SSSR count). The van der Waals surface area contributed by atoms with Crippen LogP contribution in [0.15, 0.2) is 73.3 Å². The highest BCUT2D eigenvalue weighted by molar-refractivity contribution is 5.94. The number of esters is 1. The molecule has 0 aromatic heterocycles. The van der Waals surface area contributed by atoms with Gasteiger partial charge in [0.15, 0.2) is 0 Å². The smallest absolute Gasteiger partial charge is 0.330 e. The molecule has 0 aliphatic heterocycles. The second-order valence-corrected chi connectivity index (χ2v) is 6.84. The minimum Gasteiger partial charge on any atom is -0.490 e. The van der Waals surface area contributed by atoms with Gasteiger partial charge in [-0.05, 0) is 37.6 Å². The van der Waals surface area contributed by atoms with Crippen molar-refractivity contribution in [2.45, 2.75) is 20.0 Å². The van der Waals surface area contributed by atoms with Crippen molar-refractivity contribution in [3.8, 4) is 17.2 Å². The molecule has 30 heavy (non-hydrogen) atoms. The number of fused-ring (bicyclic) bond motifs is 1. The standard InChI is InChI=1S/C25H26O5/c1-4-24(26)30-19(3)17-29-25-18(2)16-23(21-12-8-9-13-22(21)25)28-15-14-27-20-10-6-5-7-11-20/h4-13,16,19H,1,14-15,17H2,2-3H3. The number of aryl methyl sites for hydroxylation is 1. The van der Waals surface area contributed by atoms with Crippen LogP contribution in [0.3, 0.4) is 0 Å². The normalized spacial score (nSPS) is 11.5. The molecule has 0 heterocycles. The van der Waals surface area contributed by atoms with Crippen LogP contribution in [-0.4, -0.2) is 31.9 Å². The zero-order chi connectivity index (χ0) is 21.3. The summed E-state index contributed by atoms with van der Waals surface area (Å²) in [5, 5.41) is 1.90. The lowest BCUT2D eigenvalue weighted by atomic mass is 10.0. The third-order valence-electron chi connectivity index (χ3n) is 4.44. The van der Waals surface area contributed by atoms with Gasteiger partial charge >= 0.3 is 5.97 Å². The number of carbonyl (C=O) groups is 1. The van der Waals surface area contributed by atoms with E-state index in [1.54, 1.807) is 6.92 Å². The maximum atomic E-state index is 11.4. The number of ether oxygens (including phenoxy) is 4. The van der Waals surface area contributed by atoms with Crippen molar-refractivity contribution in [3.63, 3.8) is 0 Å². The van der Waals surface area contributed by atoms with Gasteiger partial charge in [-0.25, -0.2) is 4.79 Å². The highest BCUT2D eigenvalue weighted by Gasteiger charge is 2.14. The molecule has 0 spiro atoms. The molecule has 3 aromatic rings. The lowest BCUT2D eigenvalue weighted by Crippen LogP contribution is -2.21. The molecule has 5 heteroatoms. The largest absolute Gasteiger partial charge is 0.490 e. The van der Waals surface area contributed by atoms with Gasteiger partial charge in [0, 0.05) is 16.8 Å². The highest BCUT2D eigenvalue weighted by atomic mass is 16.6. The van der Waals surface area contributed by atoms with E-state index in [1.165, 1.54) is 0 Å². The fourth-order valence-corrected chi connectivity index (χ4v) is 3.07. The molecule has 0 N–H and O–H groups in total. The first-order valence-electron chi connectivity index (χ1n) is 9.87. The first-order valence-corrected chi connectivity index (χ1v) is 9.87. The molecular formula is C25H26O5. The minimum atomic E-state index is -0.464. The summed E-state index contributed by atoms with van der Waals surface area (Å²) in [6.45, 7) is 8.27. The Hall–Kier alpha value is -3.47. The molecule has 0 saturated carbocycles. The lowest BCUT2D eigenvalue weighted by molar-refractivity contribution is -0.143. The van der Waals surface area contributed by atoms with Gasteiger partial charge in [0.2, 0.25) is 0 Å². The van der Waals surface area contributed by atoms with E-state index in [-0.39, 0.29) is 12.7 Å². The molecule has 0 bridgehead atoms. The molecule has 0 aliphatic rings. The van der Waals surface area contributed by atoms with Gasteiger partial charge in [0.1, 0.15) is 43.2 Å². The maximum absolute atomic E-state index is 11.4. The number of hydrogen-bond acceptors (Lipinski definition) is 5. The monoisotopic (exact) mass is 406 g/mol. The summed E-state index contributed by atoms with van der Waals surface area (Å²) in [6.07, 6.45) is 0.754. The lowest BCUT2D eigenvalue weighted by Gasteiger charge is -2.18. The summed E-state index contributed by atoms with van der Waals surface area (Å²) >= 11 is 0. The van der Waals surface area contributed by atoms with Crippen molar-refractivity contribution in [2.24, 2.45) is 0 Å². The van der Waals surface area contributed by atoms with Gasteiger partial charge in [-0.15, -0.1) is 0 Å². The Morgan fingerprint density at radius 1 is 0.967 bits per heavy atom. The van der Waals surface area contributed by atoms with Gasteiger partial charge < -0.3 is 18.9 Å². The van der Waals surface area contributed by atoms with Crippen LogP contribution < -0.4 is 14.2 Å². The molecule has 0 radical (unpaired) electrons. The Balaban J connectivity index is 1.69. The summed E-state index contributed by atoms with van der Waals surface area (Å²) in [5.74, 6) is 1.88. The SMILES string of the molecule is C=CC(=O)OC(C)COc1c(C)cc(OCCOc2ccccc2)c2ccccc12. The number of carbonyl (C=O) groups excluding carboxylic acids is 1. The second-order valence-electron chi connectivity index (χ2n) is 6.84. The van der Waals surface area contributed by atoms with E-state index < -0.39 is 5.97 Å². The summed E-state index contributed by atoms with van der Waals surface area (Å²) < 4.78 is 22.9. The van der Waals surface area contributed by atoms with Gasteiger partial charge in [0.25, 0.3) is 0 Å². The van der Waals surface area contributed by atoms with Crippen molar-refractivity contribution in [3.05, 3.63) is 78.9 Å². The Bertz CT molecular complexity index is 997. The number of para-hydroxylation sites is 1. The van der Waals surface area contributed by atoms with E-state index in [9.17, 15) is 4.79 Å². The van der Waals surface area contributed by atoms with E-state index >= 15 is 0 Å². The summed E-state index contributed by atoms with van der Waals surface area (Å²) in [6, 6.07) is 19.5. The van der Waals surface area contributed by atoms with Crippen LogP contribution in [0, 0.1) is 6.92 Å². The fourth-order valence-electron chi connectivity index (χ4n) is 3.07. The van der Waals surface area contributed by atoms with E-state index in [0.29, 0.717) is 13.2 Å². The molecule has 0 aliphatic carbocycles. The molecule has 0 fully saturated rings. The average Bonchev–Trinajstić information content (AvgIpc) is 2.76. The highest BCUT2D eigenvalue weighted by Crippen LogP contribution is 2.36. The molecule has 0 saturated heterocycles. The van der Waals surface area contributed by atoms with Crippen LogP contribution in [0.25, 0.3) is 10.8 Å².